The first-order chi connectivity index (χ1) is 9.69. The third kappa shape index (κ3) is 2.63. The molecular weight excluding hydrogens is 322 g/mol. The Kier molecular flexibility index (Phi) is 3.60. The molecule has 0 aromatic carbocycles. The van der Waals surface area contributed by atoms with Gasteiger partial charge in [0.1, 0.15) is 12.0 Å². The van der Waals surface area contributed by atoms with Crippen LogP contribution in [0.15, 0.2) is 23.1 Å². The smallest absolute Gasteiger partial charge is 0.268 e. The molecule has 0 unspecified atom stereocenters. The Labute approximate surface area is 125 Å². The van der Waals surface area contributed by atoms with Gasteiger partial charge < -0.3 is 14.5 Å². The van der Waals surface area contributed by atoms with Crippen LogP contribution in [0.1, 0.15) is 42.1 Å². The van der Waals surface area contributed by atoms with Gasteiger partial charge in [-0.1, -0.05) is 0 Å². The summed E-state index contributed by atoms with van der Waals surface area (Å²) in [7, 11) is 0. The maximum atomic E-state index is 12.3. The zero-order valence-corrected chi connectivity index (χ0v) is 12.8. The number of halogens is 1. The number of carbonyl (C=O) groups excluding carboxylic acids is 1. The van der Waals surface area contributed by atoms with E-state index in [0.29, 0.717) is 18.3 Å². The van der Waals surface area contributed by atoms with Gasteiger partial charge in [0.2, 0.25) is 0 Å². The second kappa shape index (κ2) is 5.40. The summed E-state index contributed by atoms with van der Waals surface area (Å²) in [5, 5.41) is 10.8. The van der Waals surface area contributed by atoms with Gasteiger partial charge in [-0.05, 0) is 41.8 Å². The molecule has 1 amide bonds. The summed E-state index contributed by atoms with van der Waals surface area (Å²) >= 11 is 3.43. The molecule has 7 heteroatoms. The molecule has 2 heterocycles. The van der Waals surface area contributed by atoms with E-state index in [1.807, 2.05) is 28.3 Å². The first kappa shape index (κ1) is 13.4. The number of nitrogens with zero attached hydrogens (tertiary/aromatic N) is 4. The summed E-state index contributed by atoms with van der Waals surface area (Å²) in [6.07, 6.45) is 5.93. The van der Waals surface area contributed by atoms with Crippen molar-refractivity contribution in [3.63, 3.8) is 0 Å². The van der Waals surface area contributed by atoms with Crippen LogP contribution in [0.25, 0.3) is 0 Å². The molecule has 1 fully saturated rings. The van der Waals surface area contributed by atoms with Crippen LogP contribution in [-0.2, 0) is 13.1 Å². The Morgan fingerprint density at radius 3 is 3.05 bits per heavy atom. The van der Waals surface area contributed by atoms with Crippen LogP contribution >= 0.6 is 15.9 Å². The average Bonchev–Trinajstić information content (AvgIpc) is 3.06. The van der Waals surface area contributed by atoms with Gasteiger partial charge in [0, 0.05) is 23.3 Å². The van der Waals surface area contributed by atoms with Gasteiger partial charge in [0.25, 0.3) is 5.91 Å². The summed E-state index contributed by atoms with van der Waals surface area (Å²) in [5.41, 5.74) is 0.696. The van der Waals surface area contributed by atoms with E-state index in [1.165, 1.54) is 0 Å². The first-order valence-electron chi connectivity index (χ1n) is 6.71. The van der Waals surface area contributed by atoms with Crippen molar-refractivity contribution in [3.05, 3.63) is 34.6 Å². The molecule has 1 saturated carbocycles. The van der Waals surface area contributed by atoms with Crippen molar-refractivity contribution in [2.24, 2.45) is 0 Å². The minimum Gasteiger partial charge on any atom is -0.343 e. The molecule has 1 N–H and O–H groups in total. The van der Waals surface area contributed by atoms with E-state index >= 15 is 0 Å². The van der Waals surface area contributed by atoms with E-state index in [4.69, 9.17) is 0 Å². The quantitative estimate of drug-likeness (QED) is 0.908. The van der Waals surface area contributed by atoms with Crippen molar-refractivity contribution in [2.75, 3.05) is 0 Å². The lowest BCUT2D eigenvalue weighted by Gasteiger charge is -2.08. The van der Waals surface area contributed by atoms with E-state index in [0.717, 1.165) is 29.7 Å². The zero-order chi connectivity index (χ0) is 14.1. The van der Waals surface area contributed by atoms with Crippen LogP contribution < -0.4 is 5.32 Å². The van der Waals surface area contributed by atoms with Crippen molar-refractivity contribution < 1.29 is 4.79 Å². The van der Waals surface area contributed by atoms with Gasteiger partial charge in [-0.15, -0.1) is 10.2 Å². The predicted molar refractivity (Wildman–Crippen MR) is 77.3 cm³/mol. The summed E-state index contributed by atoms with van der Waals surface area (Å²) < 4.78 is 4.89. The molecular formula is C13H16BrN5O. The van der Waals surface area contributed by atoms with Crippen LogP contribution in [0.2, 0.25) is 0 Å². The number of nitrogens with one attached hydrogen (secondary N) is 1. The number of aromatic nitrogens is 4. The summed E-state index contributed by atoms with van der Waals surface area (Å²) in [6, 6.07) is 2.33. The highest BCUT2D eigenvalue weighted by atomic mass is 79.9. The van der Waals surface area contributed by atoms with Gasteiger partial charge in [0.05, 0.1) is 6.54 Å². The fourth-order valence-corrected chi connectivity index (χ4v) is 2.65. The molecule has 0 saturated heterocycles. The number of hydrogen-bond donors (Lipinski definition) is 1. The fourth-order valence-electron chi connectivity index (χ4n) is 2.21. The average molecular weight is 338 g/mol. The lowest BCUT2D eigenvalue weighted by atomic mass is 10.4. The third-order valence-corrected chi connectivity index (χ3v) is 3.87. The molecule has 6 nitrogen and oxygen atoms in total. The Bertz CT molecular complexity index is 628. The molecule has 2 aromatic heterocycles. The molecule has 0 spiro atoms. The van der Waals surface area contributed by atoms with Crippen LogP contribution in [0.4, 0.5) is 0 Å². The molecule has 20 heavy (non-hydrogen) atoms. The van der Waals surface area contributed by atoms with Crippen LogP contribution in [0.5, 0.6) is 0 Å². The highest BCUT2D eigenvalue weighted by Gasteiger charge is 2.27. The summed E-state index contributed by atoms with van der Waals surface area (Å²) in [6.45, 7) is 3.20. The largest absolute Gasteiger partial charge is 0.343 e. The zero-order valence-electron chi connectivity index (χ0n) is 11.2. The van der Waals surface area contributed by atoms with Gasteiger partial charge in [-0.3, -0.25) is 4.79 Å². The van der Waals surface area contributed by atoms with E-state index in [-0.39, 0.29) is 5.91 Å². The molecule has 106 valence electrons. The second-order valence-electron chi connectivity index (χ2n) is 4.90. The Morgan fingerprint density at radius 2 is 2.35 bits per heavy atom. The van der Waals surface area contributed by atoms with Crippen LogP contribution in [0, 0.1) is 0 Å². The van der Waals surface area contributed by atoms with Crippen molar-refractivity contribution in [2.45, 2.75) is 38.9 Å². The number of rotatable bonds is 5. The van der Waals surface area contributed by atoms with Crippen LogP contribution in [-0.4, -0.2) is 25.2 Å². The molecule has 2 aromatic rings. The Balaban J connectivity index is 1.70. The minimum atomic E-state index is -0.0757. The van der Waals surface area contributed by atoms with Crippen LogP contribution in [0.3, 0.4) is 0 Å². The Morgan fingerprint density at radius 1 is 1.55 bits per heavy atom. The van der Waals surface area contributed by atoms with Gasteiger partial charge >= 0.3 is 0 Å². The molecule has 1 aliphatic carbocycles. The van der Waals surface area contributed by atoms with Gasteiger partial charge in [-0.2, -0.15) is 0 Å². The molecule has 0 atom stereocenters. The monoisotopic (exact) mass is 337 g/mol. The normalized spacial score (nSPS) is 14.5. The molecule has 0 radical (unpaired) electrons. The van der Waals surface area contributed by atoms with E-state index < -0.39 is 0 Å². The minimum absolute atomic E-state index is 0.0757. The Hall–Kier alpha value is -1.63. The van der Waals surface area contributed by atoms with Crippen molar-refractivity contribution >= 4 is 21.8 Å². The summed E-state index contributed by atoms with van der Waals surface area (Å²) in [4.78, 5) is 12.3. The van der Waals surface area contributed by atoms with E-state index in [9.17, 15) is 4.79 Å². The number of amides is 1. The topological polar surface area (TPSA) is 64.7 Å². The van der Waals surface area contributed by atoms with E-state index in [2.05, 4.69) is 31.4 Å². The number of aryl methyl sites for hydroxylation is 1. The third-order valence-electron chi connectivity index (χ3n) is 3.43. The van der Waals surface area contributed by atoms with Gasteiger partial charge in [-0.25, -0.2) is 0 Å². The van der Waals surface area contributed by atoms with Crippen molar-refractivity contribution in [3.8, 4) is 0 Å². The number of carbonyl (C=O) groups is 1. The van der Waals surface area contributed by atoms with Crippen molar-refractivity contribution in [1.29, 1.82) is 0 Å². The maximum absolute atomic E-state index is 12.3. The second-order valence-corrected chi connectivity index (χ2v) is 5.81. The lowest BCUT2D eigenvalue weighted by Crippen LogP contribution is -2.26. The first-order valence-corrected chi connectivity index (χ1v) is 7.50. The molecule has 1 aliphatic rings. The van der Waals surface area contributed by atoms with Crippen molar-refractivity contribution in [1.82, 2.24) is 24.6 Å². The molecule has 0 aliphatic heterocycles. The highest BCUT2D eigenvalue weighted by Crippen LogP contribution is 2.37. The molecule has 3 rings (SSSR count). The number of hydrogen-bond acceptors (Lipinski definition) is 3. The predicted octanol–water partition coefficient (Wildman–Crippen LogP) is 2.13. The molecule has 0 bridgehead atoms. The van der Waals surface area contributed by atoms with E-state index in [1.54, 1.807) is 6.33 Å². The van der Waals surface area contributed by atoms with Gasteiger partial charge in [0.15, 0.2) is 5.82 Å². The lowest BCUT2D eigenvalue weighted by molar-refractivity contribution is 0.0940. The summed E-state index contributed by atoms with van der Waals surface area (Å²) in [5.74, 6) is 0.692. The SMILES string of the molecule is CCn1cnnc1CNC(=O)c1cc(Br)cn1C1CC1. The highest BCUT2D eigenvalue weighted by molar-refractivity contribution is 9.10. The standard InChI is InChI=1S/C13H16BrN5O/c1-2-18-8-16-17-12(18)6-15-13(20)11-5-9(14)7-19(11)10-3-4-10/h5,7-8,10H,2-4,6H2,1H3,(H,15,20). The fraction of sp³-hybridized carbons (Fsp3) is 0.462. The maximum Gasteiger partial charge on any atom is 0.268 e.